The molecule has 0 aliphatic heterocycles. The highest BCUT2D eigenvalue weighted by Gasteiger charge is 2.30. The molecule has 1 saturated carbocycles. The molecule has 3 nitrogen and oxygen atoms in total. The lowest BCUT2D eigenvalue weighted by Crippen LogP contribution is -2.39. The number of hydrogen-bond acceptors (Lipinski definition) is 4. The third kappa shape index (κ3) is 3.83. The maximum absolute atomic E-state index is 9.78. The molecule has 0 radical (unpaired) electrons. The van der Waals surface area contributed by atoms with E-state index in [1.807, 2.05) is 23.9 Å². The second kappa shape index (κ2) is 7.23. The molecule has 0 spiro atoms. The summed E-state index contributed by atoms with van der Waals surface area (Å²) in [5.74, 6) is 0.741. The first kappa shape index (κ1) is 15.5. The van der Waals surface area contributed by atoms with Crippen molar-refractivity contribution in [2.24, 2.45) is 0 Å². The minimum Gasteiger partial charge on any atom is -0.504 e. The van der Waals surface area contributed by atoms with Crippen molar-refractivity contribution >= 4 is 11.8 Å². The van der Waals surface area contributed by atoms with E-state index >= 15 is 0 Å². The highest BCUT2D eigenvalue weighted by Crippen LogP contribution is 2.38. The van der Waals surface area contributed by atoms with E-state index in [4.69, 9.17) is 4.74 Å². The number of phenols is 1. The number of benzene rings is 1. The zero-order chi connectivity index (χ0) is 14.4. The number of nitrogens with one attached hydrogen (secondary N) is 1. The zero-order valence-corrected chi connectivity index (χ0v) is 13.3. The summed E-state index contributed by atoms with van der Waals surface area (Å²) in [6.45, 7) is 1.83. The molecule has 20 heavy (non-hydrogen) atoms. The van der Waals surface area contributed by atoms with Crippen molar-refractivity contribution in [3.63, 3.8) is 0 Å². The minimum absolute atomic E-state index is 0.212. The Bertz CT molecular complexity index is 430. The number of ether oxygens (including phenoxy) is 1. The van der Waals surface area contributed by atoms with Gasteiger partial charge in [-0.2, -0.15) is 11.8 Å². The molecule has 112 valence electrons. The average Bonchev–Trinajstić information content (AvgIpc) is 2.48. The predicted molar refractivity (Wildman–Crippen MR) is 85.7 cm³/mol. The third-order valence-electron chi connectivity index (χ3n) is 4.22. The number of thioether (sulfide) groups is 1. The number of hydrogen-bond donors (Lipinski definition) is 2. The van der Waals surface area contributed by atoms with Crippen LogP contribution in [0.15, 0.2) is 18.2 Å². The van der Waals surface area contributed by atoms with Gasteiger partial charge in [0, 0.05) is 17.8 Å². The molecule has 0 atom stereocenters. The molecule has 1 aromatic carbocycles. The third-order valence-corrected chi connectivity index (χ3v) is 5.64. The smallest absolute Gasteiger partial charge is 0.160 e. The summed E-state index contributed by atoms with van der Waals surface area (Å²) in [5.41, 5.74) is 1.09. The molecule has 0 heterocycles. The standard InChI is InChI=1S/C16H25NO2S/c1-19-15-7-6-13(10-14(15)18)11-17-12-16(20-2)8-4-3-5-9-16/h6-7,10,17-18H,3-5,8-9,11-12H2,1-2H3. The highest BCUT2D eigenvalue weighted by atomic mass is 32.2. The van der Waals surface area contributed by atoms with Crippen LogP contribution in [0.1, 0.15) is 37.7 Å². The lowest BCUT2D eigenvalue weighted by atomic mass is 9.88. The van der Waals surface area contributed by atoms with E-state index in [9.17, 15) is 5.11 Å². The molecule has 2 rings (SSSR count). The van der Waals surface area contributed by atoms with Crippen molar-refractivity contribution in [2.45, 2.75) is 43.4 Å². The second-order valence-corrected chi connectivity index (χ2v) is 6.83. The van der Waals surface area contributed by atoms with Crippen LogP contribution in [-0.2, 0) is 6.54 Å². The topological polar surface area (TPSA) is 41.5 Å². The summed E-state index contributed by atoms with van der Waals surface area (Å²) in [7, 11) is 1.57. The van der Waals surface area contributed by atoms with Crippen LogP contribution in [-0.4, -0.2) is 29.8 Å². The van der Waals surface area contributed by atoms with Gasteiger partial charge in [0.2, 0.25) is 0 Å². The van der Waals surface area contributed by atoms with Crippen LogP contribution in [0.25, 0.3) is 0 Å². The van der Waals surface area contributed by atoms with Gasteiger partial charge in [-0.15, -0.1) is 0 Å². The molecule has 4 heteroatoms. The van der Waals surface area contributed by atoms with Gasteiger partial charge < -0.3 is 15.2 Å². The van der Waals surface area contributed by atoms with Gasteiger partial charge >= 0.3 is 0 Å². The Morgan fingerprint density at radius 1 is 1.30 bits per heavy atom. The SMILES string of the molecule is COc1ccc(CNCC2(SC)CCCCC2)cc1O. The summed E-state index contributed by atoms with van der Waals surface area (Å²) in [4.78, 5) is 0. The van der Waals surface area contributed by atoms with Gasteiger partial charge in [-0.1, -0.05) is 25.3 Å². The first-order chi connectivity index (χ1) is 9.69. The minimum atomic E-state index is 0.212. The maximum atomic E-state index is 9.78. The average molecular weight is 295 g/mol. The van der Waals surface area contributed by atoms with Gasteiger partial charge in [0.25, 0.3) is 0 Å². The Morgan fingerprint density at radius 2 is 2.05 bits per heavy atom. The molecule has 1 aliphatic rings. The molecule has 0 amide bonds. The summed E-state index contributed by atoms with van der Waals surface area (Å²) in [6.07, 6.45) is 8.95. The Morgan fingerprint density at radius 3 is 2.65 bits per heavy atom. The van der Waals surface area contributed by atoms with E-state index in [0.717, 1.165) is 18.7 Å². The van der Waals surface area contributed by atoms with Crippen LogP contribution in [0.2, 0.25) is 0 Å². The maximum Gasteiger partial charge on any atom is 0.160 e. The van der Waals surface area contributed by atoms with Crippen LogP contribution in [0.4, 0.5) is 0 Å². The molecular formula is C16H25NO2S. The molecule has 0 aromatic heterocycles. The van der Waals surface area contributed by atoms with Crippen molar-refractivity contribution in [3.8, 4) is 11.5 Å². The largest absolute Gasteiger partial charge is 0.504 e. The van der Waals surface area contributed by atoms with Gasteiger partial charge in [0.15, 0.2) is 11.5 Å². The normalized spacial score (nSPS) is 17.9. The van der Waals surface area contributed by atoms with Crippen LogP contribution in [0, 0.1) is 0 Å². The van der Waals surface area contributed by atoms with Crippen LogP contribution in [0.5, 0.6) is 11.5 Å². The summed E-state index contributed by atoms with van der Waals surface area (Å²) in [6, 6.07) is 5.59. The molecule has 0 bridgehead atoms. The summed E-state index contributed by atoms with van der Waals surface area (Å²) in [5, 5.41) is 13.3. The molecule has 1 fully saturated rings. The quantitative estimate of drug-likeness (QED) is 0.842. The fourth-order valence-electron chi connectivity index (χ4n) is 2.93. The van der Waals surface area contributed by atoms with E-state index in [0.29, 0.717) is 10.5 Å². The van der Waals surface area contributed by atoms with E-state index < -0.39 is 0 Å². The lowest BCUT2D eigenvalue weighted by Gasteiger charge is -2.36. The monoisotopic (exact) mass is 295 g/mol. The lowest BCUT2D eigenvalue weighted by molar-refractivity contribution is 0.371. The molecular weight excluding hydrogens is 270 g/mol. The second-order valence-electron chi connectivity index (χ2n) is 5.56. The van der Waals surface area contributed by atoms with Gasteiger partial charge in [-0.25, -0.2) is 0 Å². The van der Waals surface area contributed by atoms with Crippen LogP contribution in [0.3, 0.4) is 0 Å². The van der Waals surface area contributed by atoms with Crippen molar-refractivity contribution in [1.29, 1.82) is 0 Å². The fourth-order valence-corrected chi connectivity index (χ4v) is 3.87. The van der Waals surface area contributed by atoms with Gasteiger partial charge in [0.05, 0.1) is 7.11 Å². The molecule has 1 aliphatic carbocycles. The van der Waals surface area contributed by atoms with Gasteiger partial charge in [-0.3, -0.25) is 0 Å². The van der Waals surface area contributed by atoms with Crippen molar-refractivity contribution in [1.82, 2.24) is 5.32 Å². The van der Waals surface area contributed by atoms with Crippen molar-refractivity contribution in [2.75, 3.05) is 19.9 Å². The Balaban J connectivity index is 1.87. The molecule has 0 saturated heterocycles. The number of rotatable bonds is 6. The molecule has 2 N–H and O–H groups in total. The Hall–Kier alpha value is -0.870. The highest BCUT2D eigenvalue weighted by molar-refractivity contribution is 8.00. The fraction of sp³-hybridized carbons (Fsp3) is 0.625. The summed E-state index contributed by atoms with van der Waals surface area (Å²) >= 11 is 2.01. The first-order valence-corrected chi connectivity index (χ1v) is 8.53. The summed E-state index contributed by atoms with van der Waals surface area (Å²) < 4.78 is 5.47. The molecule has 1 aromatic rings. The van der Waals surface area contributed by atoms with Crippen LogP contribution >= 0.6 is 11.8 Å². The van der Waals surface area contributed by atoms with E-state index in [2.05, 4.69) is 11.6 Å². The Labute approximate surface area is 126 Å². The van der Waals surface area contributed by atoms with Crippen molar-refractivity contribution in [3.05, 3.63) is 23.8 Å². The number of aromatic hydroxyl groups is 1. The van der Waals surface area contributed by atoms with E-state index in [1.54, 1.807) is 13.2 Å². The van der Waals surface area contributed by atoms with Crippen molar-refractivity contribution < 1.29 is 9.84 Å². The van der Waals surface area contributed by atoms with Gasteiger partial charge in [-0.05, 0) is 36.8 Å². The Kier molecular flexibility index (Phi) is 5.61. The number of phenolic OH excluding ortho intramolecular Hbond substituents is 1. The van der Waals surface area contributed by atoms with E-state index in [-0.39, 0.29) is 5.75 Å². The zero-order valence-electron chi connectivity index (χ0n) is 12.4. The van der Waals surface area contributed by atoms with Gasteiger partial charge in [0.1, 0.15) is 0 Å². The predicted octanol–water partition coefficient (Wildman–Crippen LogP) is 3.56. The molecule has 0 unspecified atom stereocenters. The number of methoxy groups -OCH3 is 1. The van der Waals surface area contributed by atoms with Crippen LogP contribution < -0.4 is 10.1 Å². The first-order valence-electron chi connectivity index (χ1n) is 7.31. The van der Waals surface area contributed by atoms with E-state index in [1.165, 1.54) is 32.1 Å².